The smallest absolute Gasteiger partial charge is 0.324 e. The van der Waals surface area contributed by atoms with Crippen LogP contribution in [-0.4, -0.2) is 17.5 Å². The molecule has 2 amide bonds. The zero-order valence-electron chi connectivity index (χ0n) is 10.1. The fraction of sp³-hybridized carbons (Fsp3) is 0.167. The molecule has 2 rings (SSSR count). The number of hydrogen-bond acceptors (Lipinski definition) is 4. The summed E-state index contributed by atoms with van der Waals surface area (Å²) in [6.07, 6.45) is 0. The van der Waals surface area contributed by atoms with Gasteiger partial charge in [-0.15, -0.1) is 0 Å². The van der Waals surface area contributed by atoms with Crippen molar-refractivity contribution in [2.45, 2.75) is 6.92 Å². The van der Waals surface area contributed by atoms with Gasteiger partial charge in [0.05, 0.1) is 12.8 Å². The summed E-state index contributed by atoms with van der Waals surface area (Å²) in [5.74, 6) is 0.749. The van der Waals surface area contributed by atoms with Gasteiger partial charge in [0.15, 0.2) is 0 Å². The van der Waals surface area contributed by atoms with Crippen LogP contribution in [0, 0.1) is 6.92 Å². The first kappa shape index (κ1) is 12.4. The lowest BCUT2D eigenvalue weighted by Crippen LogP contribution is -2.18. The number of nitrogens with zero attached hydrogens (tertiary/aromatic N) is 1. The van der Waals surface area contributed by atoms with Crippen LogP contribution >= 0.6 is 11.5 Å². The Bertz CT molecular complexity index is 537. The van der Waals surface area contributed by atoms with Crippen molar-refractivity contribution >= 4 is 28.3 Å². The van der Waals surface area contributed by atoms with E-state index >= 15 is 0 Å². The molecular weight excluding hydrogens is 250 g/mol. The van der Waals surface area contributed by atoms with Crippen LogP contribution in [0.2, 0.25) is 0 Å². The molecule has 0 radical (unpaired) electrons. The van der Waals surface area contributed by atoms with Crippen LogP contribution in [0.4, 0.5) is 15.5 Å². The molecule has 18 heavy (non-hydrogen) atoms. The SMILES string of the molecule is COc1ccc(NC(=O)Nc2cc(C)ns2)cc1. The topological polar surface area (TPSA) is 63.2 Å². The second kappa shape index (κ2) is 5.50. The van der Waals surface area contributed by atoms with Crippen LogP contribution in [0.5, 0.6) is 5.75 Å². The second-order valence-electron chi connectivity index (χ2n) is 3.64. The number of methoxy groups -OCH3 is 1. The highest BCUT2D eigenvalue weighted by Gasteiger charge is 2.04. The van der Waals surface area contributed by atoms with Gasteiger partial charge in [-0.2, -0.15) is 4.37 Å². The Morgan fingerprint density at radius 3 is 2.56 bits per heavy atom. The summed E-state index contributed by atoms with van der Waals surface area (Å²) < 4.78 is 9.12. The van der Waals surface area contributed by atoms with Crippen molar-refractivity contribution in [3.63, 3.8) is 0 Å². The fourth-order valence-electron chi connectivity index (χ4n) is 1.37. The Hall–Kier alpha value is -2.08. The van der Waals surface area contributed by atoms with Crippen molar-refractivity contribution in [3.05, 3.63) is 36.0 Å². The molecule has 0 fully saturated rings. The fourth-order valence-corrected chi connectivity index (χ4v) is 2.03. The Morgan fingerprint density at radius 2 is 2.00 bits per heavy atom. The quantitative estimate of drug-likeness (QED) is 0.894. The summed E-state index contributed by atoms with van der Waals surface area (Å²) in [5, 5.41) is 6.16. The van der Waals surface area contributed by atoms with Crippen molar-refractivity contribution in [1.82, 2.24) is 4.37 Å². The molecule has 0 spiro atoms. The average molecular weight is 263 g/mol. The molecule has 2 aromatic rings. The Kier molecular flexibility index (Phi) is 3.78. The molecule has 1 aromatic carbocycles. The number of urea groups is 1. The summed E-state index contributed by atoms with van der Waals surface area (Å²) in [7, 11) is 1.60. The number of anilines is 2. The van der Waals surface area contributed by atoms with Gasteiger partial charge in [-0.1, -0.05) is 0 Å². The largest absolute Gasteiger partial charge is 0.497 e. The molecule has 1 heterocycles. The minimum atomic E-state index is -0.288. The lowest BCUT2D eigenvalue weighted by Gasteiger charge is -2.06. The van der Waals surface area contributed by atoms with E-state index in [1.165, 1.54) is 11.5 Å². The molecule has 0 aliphatic heterocycles. The van der Waals surface area contributed by atoms with E-state index in [1.807, 2.05) is 13.0 Å². The molecule has 0 aliphatic rings. The van der Waals surface area contributed by atoms with Crippen LogP contribution in [0.15, 0.2) is 30.3 Å². The molecule has 94 valence electrons. The van der Waals surface area contributed by atoms with E-state index in [1.54, 1.807) is 31.4 Å². The first-order chi connectivity index (χ1) is 8.67. The molecule has 1 aromatic heterocycles. The van der Waals surface area contributed by atoms with E-state index in [2.05, 4.69) is 15.0 Å². The number of carbonyl (C=O) groups excluding carboxylic acids is 1. The maximum absolute atomic E-state index is 11.7. The average Bonchev–Trinajstić information content (AvgIpc) is 2.75. The first-order valence-corrected chi connectivity index (χ1v) is 6.10. The monoisotopic (exact) mass is 263 g/mol. The first-order valence-electron chi connectivity index (χ1n) is 5.33. The zero-order valence-corrected chi connectivity index (χ0v) is 10.9. The Morgan fingerprint density at radius 1 is 1.28 bits per heavy atom. The predicted molar refractivity (Wildman–Crippen MR) is 72.5 cm³/mol. The summed E-state index contributed by atoms with van der Waals surface area (Å²) in [4.78, 5) is 11.7. The number of ether oxygens (including phenoxy) is 1. The van der Waals surface area contributed by atoms with E-state index in [9.17, 15) is 4.79 Å². The highest BCUT2D eigenvalue weighted by Crippen LogP contribution is 2.17. The molecule has 0 saturated carbocycles. The van der Waals surface area contributed by atoms with E-state index < -0.39 is 0 Å². The molecule has 0 aliphatic carbocycles. The highest BCUT2D eigenvalue weighted by atomic mass is 32.1. The van der Waals surface area contributed by atoms with Gasteiger partial charge in [0, 0.05) is 5.69 Å². The minimum absolute atomic E-state index is 0.288. The summed E-state index contributed by atoms with van der Waals surface area (Å²) >= 11 is 1.25. The van der Waals surface area contributed by atoms with Crippen molar-refractivity contribution in [1.29, 1.82) is 0 Å². The Labute approximate surface area is 109 Å². The number of nitrogens with one attached hydrogen (secondary N) is 2. The van der Waals surface area contributed by atoms with Crippen LogP contribution in [0.1, 0.15) is 5.69 Å². The van der Waals surface area contributed by atoms with Gasteiger partial charge in [0.1, 0.15) is 10.8 Å². The molecule has 0 bridgehead atoms. The lowest BCUT2D eigenvalue weighted by atomic mass is 10.3. The van der Waals surface area contributed by atoms with Crippen LogP contribution in [0.25, 0.3) is 0 Å². The maximum Gasteiger partial charge on any atom is 0.324 e. The lowest BCUT2D eigenvalue weighted by molar-refractivity contribution is 0.262. The molecule has 5 nitrogen and oxygen atoms in total. The summed E-state index contributed by atoms with van der Waals surface area (Å²) in [6.45, 7) is 1.88. The molecule has 0 atom stereocenters. The third kappa shape index (κ3) is 3.21. The Balaban J connectivity index is 1.94. The highest BCUT2D eigenvalue weighted by molar-refractivity contribution is 7.10. The molecule has 0 unspecified atom stereocenters. The van der Waals surface area contributed by atoms with Crippen molar-refractivity contribution in [2.75, 3.05) is 17.7 Å². The van der Waals surface area contributed by atoms with Crippen LogP contribution in [-0.2, 0) is 0 Å². The van der Waals surface area contributed by atoms with Gasteiger partial charge >= 0.3 is 6.03 Å². The third-order valence-corrected chi connectivity index (χ3v) is 3.01. The minimum Gasteiger partial charge on any atom is -0.497 e. The maximum atomic E-state index is 11.7. The number of amides is 2. The van der Waals surface area contributed by atoms with Crippen molar-refractivity contribution in [2.24, 2.45) is 0 Å². The van der Waals surface area contributed by atoms with Gasteiger partial charge in [0.25, 0.3) is 0 Å². The van der Waals surface area contributed by atoms with Crippen molar-refractivity contribution in [3.8, 4) is 5.75 Å². The van der Waals surface area contributed by atoms with E-state index in [0.717, 1.165) is 16.4 Å². The number of hydrogen-bond donors (Lipinski definition) is 2. The number of carbonyl (C=O) groups is 1. The zero-order chi connectivity index (χ0) is 13.0. The normalized spacial score (nSPS) is 9.89. The molecule has 2 N–H and O–H groups in total. The van der Waals surface area contributed by atoms with E-state index in [-0.39, 0.29) is 6.03 Å². The van der Waals surface area contributed by atoms with Crippen LogP contribution in [0.3, 0.4) is 0 Å². The van der Waals surface area contributed by atoms with Gasteiger partial charge in [-0.05, 0) is 48.8 Å². The van der Waals surface area contributed by atoms with Gasteiger partial charge in [0.2, 0.25) is 0 Å². The standard InChI is InChI=1S/C12H13N3O2S/c1-8-7-11(18-15-8)14-12(16)13-9-3-5-10(17-2)6-4-9/h3-7H,1-2H3,(H2,13,14,16). The number of rotatable bonds is 3. The second-order valence-corrected chi connectivity index (χ2v) is 4.45. The summed E-state index contributed by atoms with van der Waals surface area (Å²) in [5.41, 5.74) is 1.59. The number of aromatic nitrogens is 1. The molecule has 0 saturated heterocycles. The van der Waals surface area contributed by atoms with Gasteiger partial charge in [-0.25, -0.2) is 4.79 Å². The third-order valence-electron chi connectivity index (χ3n) is 2.21. The summed E-state index contributed by atoms with van der Waals surface area (Å²) in [6, 6.07) is 8.65. The molecule has 6 heteroatoms. The predicted octanol–water partition coefficient (Wildman–Crippen LogP) is 3.10. The number of aryl methyl sites for hydroxylation is 1. The number of benzene rings is 1. The van der Waals surface area contributed by atoms with Gasteiger partial charge < -0.3 is 10.1 Å². The van der Waals surface area contributed by atoms with Crippen LogP contribution < -0.4 is 15.4 Å². The van der Waals surface area contributed by atoms with E-state index in [4.69, 9.17) is 4.74 Å². The van der Waals surface area contributed by atoms with Gasteiger partial charge in [-0.3, -0.25) is 5.32 Å². The van der Waals surface area contributed by atoms with E-state index in [0.29, 0.717) is 5.69 Å². The van der Waals surface area contributed by atoms with Crippen molar-refractivity contribution < 1.29 is 9.53 Å². The molecular formula is C12H13N3O2S.